The van der Waals surface area contributed by atoms with Gasteiger partial charge in [0.15, 0.2) is 0 Å². The van der Waals surface area contributed by atoms with Crippen LogP contribution < -0.4 is 5.32 Å². The maximum absolute atomic E-state index is 3.44. The van der Waals surface area contributed by atoms with Gasteiger partial charge < -0.3 is 5.32 Å². The third-order valence-electron chi connectivity index (χ3n) is 6.45. The molecule has 4 aliphatic rings. The largest absolute Gasteiger partial charge is 0.317 e. The molecule has 1 N–H and O–H groups in total. The van der Waals surface area contributed by atoms with Gasteiger partial charge in [-0.15, -0.1) is 0 Å². The van der Waals surface area contributed by atoms with E-state index in [0.29, 0.717) is 11.5 Å². The smallest absolute Gasteiger partial charge is 0.00409 e. The summed E-state index contributed by atoms with van der Waals surface area (Å²) in [5.41, 5.74) is 0.533. The summed E-state index contributed by atoms with van der Waals surface area (Å²) in [7, 11) is 2.11. The molecule has 0 spiro atoms. The molecule has 0 heterocycles. The van der Waals surface area contributed by atoms with Crippen molar-refractivity contribution in [3.05, 3.63) is 0 Å². The summed E-state index contributed by atoms with van der Waals surface area (Å²) in [6.07, 6.45) is 9.18. The topological polar surface area (TPSA) is 12.0 Å². The highest BCUT2D eigenvalue weighted by Gasteiger charge is 2.52. The van der Waals surface area contributed by atoms with Crippen LogP contribution in [-0.2, 0) is 0 Å². The van der Waals surface area contributed by atoms with Gasteiger partial charge in [-0.05, 0) is 87.5 Å². The molecule has 0 aromatic rings. The maximum Gasteiger partial charge on any atom is 0.00409 e. The highest BCUT2D eigenvalue weighted by atomic mass is 14.9. The highest BCUT2D eigenvalue weighted by molar-refractivity contribution is 5.02. The Morgan fingerprint density at radius 1 is 1.00 bits per heavy atom. The van der Waals surface area contributed by atoms with Gasteiger partial charge in [-0.1, -0.05) is 13.8 Å². The first-order valence-corrected chi connectivity index (χ1v) is 8.17. The Morgan fingerprint density at radius 3 is 1.94 bits per heavy atom. The second kappa shape index (κ2) is 4.51. The standard InChI is InChI=1S/C17H31N/c1-11(18-4)10-17(2,3)16-14-6-12-5-13(8-14)9-15(16)7-12/h11-16,18H,5-10H2,1-4H3. The van der Waals surface area contributed by atoms with Gasteiger partial charge in [0.1, 0.15) is 0 Å². The van der Waals surface area contributed by atoms with Gasteiger partial charge in [-0.25, -0.2) is 0 Å². The summed E-state index contributed by atoms with van der Waals surface area (Å²) in [5.74, 6) is 5.38. The van der Waals surface area contributed by atoms with Crippen molar-refractivity contribution in [2.24, 2.45) is 35.0 Å². The fraction of sp³-hybridized carbons (Fsp3) is 1.00. The normalized spacial score (nSPS) is 44.3. The highest BCUT2D eigenvalue weighted by Crippen LogP contribution is 2.61. The van der Waals surface area contributed by atoms with E-state index in [1.807, 2.05) is 0 Å². The first-order valence-electron chi connectivity index (χ1n) is 8.17. The predicted octanol–water partition coefficient (Wildman–Crippen LogP) is 4.08. The van der Waals surface area contributed by atoms with Crippen LogP contribution in [0.4, 0.5) is 0 Å². The third kappa shape index (κ3) is 2.13. The van der Waals surface area contributed by atoms with Crippen LogP contribution in [0.1, 0.15) is 59.3 Å². The lowest BCUT2D eigenvalue weighted by Crippen LogP contribution is -2.51. The minimum Gasteiger partial charge on any atom is -0.317 e. The molecule has 1 unspecified atom stereocenters. The molecule has 4 saturated carbocycles. The average Bonchev–Trinajstić information content (AvgIpc) is 2.26. The summed E-state index contributed by atoms with van der Waals surface area (Å²) in [6.45, 7) is 7.44. The van der Waals surface area contributed by atoms with Crippen LogP contribution in [0.25, 0.3) is 0 Å². The first kappa shape index (κ1) is 13.0. The Bertz CT molecular complexity index is 279. The molecule has 0 aromatic carbocycles. The molecule has 1 nitrogen and oxygen atoms in total. The van der Waals surface area contributed by atoms with Crippen LogP contribution in [0.2, 0.25) is 0 Å². The van der Waals surface area contributed by atoms with Gasteiger partial charge in [0.25, 0.3) is 0 Å². The Balaban J connectivity index is 1.75. The molecule has 1 atom stereocenters. The zero-order chi connectivity index (χ0) is 12.9. The fourth-order valence-electron chi connectivity index (χ4n) is 6.23. The molecule has 0 saturated heterocycles. The third-order valence-corrected chi connectivity index (χ3v) is 6.45. The quantitative estimate of drug-likeness (QED) is 0.791. The van der Waals surface area contributed by atoms with Crippen molar-refractivity contribution in [2.45, 2.75) is 65.3 Å². The summed E-state index contributed by atoms with van der Waals surface area (Å²) in [5, 5.41) is 3.44. The van der Waals surface area contributed by atoms with Crippen molar-refractivity contribution < 1.29 is 0 Å². The summed E-state index contributed by atoms with van der Waals surface area (Å²) in [6, 6.07) is 0.664. The maximum atomic E-state index is 3.44. The number of hydrogen-bond donors (Lipinski definition) is 1. The van der Waals surface area contributed by atoms with Crippen molar-refractivity contribution in [3.63, 3.8) is 0 Å². The number of rotatable bonds is 4. The molecular formula is C17H31N. The van der Waals surface area contributed by atoms with E-state index >= 15 is 0 Å². The van der Waals surface area contributed by atoms with Crippen molar-refractivity contribution in [2.75, 3.05) is 7.05 Å². The second-order valence-corrected chi connectivity index (χ2v) is 8.34. The lowest BCUT2D eigenvalue weighted by atomic mass is 9.46. The Hall–Kier alpha value is -0.0400. The second-order valence-electron chi connectivity index (χ2n) is 8.34. The van der Waals surface area contributed by atoms with E-state index in [2.05, 4.69) is 33.1 Å². The molecule has 4 bridgehead atoms. The number of nitrogens with one attached hydrogen (secondary N) is 1. The van der Waals surface area contributed by atoms with Crippen molar-refractivity contribution in [1.29, 1.82) is 0 Å². The minimum atomic E-state index is 0.533. The van der Waals surface area contributed by atoms with Crippen LogP contribution in [0, 0.1) is 35.0 Å². The summed E-state index contributed by atoms with van der Waals surface area (Å²) < 4.78 is 0. The Morgan fingerprint density at radius 2 is 1.50 bits per heavy atom. The van der Waals surface area contributed by atoms with E-state index < -0.39 is 0 Å². The van der Waals surface area contributed by atoms with Gasteiger partial charge in [-0.2, -0.15) is 0 Å². The van der Waals surface area contributed by atoms with E-state index in [4.69, 9.17) is 0 Å². The van der Waals surface area contributed by atoms with E-state index in [0.717, 1.165) is 29.6 Å². The van der Waals surface area contributed by atoms with Gasteiger partial charge in [0, 0.05) is 6.04 Å². The zero-order valence-electron chi connectivity index (χ0n) is 12.7. The van der Waals surface area contributed by atoms with E-state index in [1.165, 1.54) is 6.42 Å². The zero-order valence-corrected chi connectivity index (χ0v) is 12.7. The molecule has 4 rings (SSSR count). The molecule has 0 amide bonds. The van der Waals surface area contributed by atoms with Gasteiger partial charge in [0.2, 0.25) is 0 Å². The Kier molecular flexibility index (Phi) is 3.25. The molecule has 1 heteroatoms. The molecule has 0 aliphatic heterocycles. The van der Waals surface area contributed by atoms with Gasteiger partial charge in [0.05, 0.1) is 0 Å². The molecule has 18 heavy (non-hydrogen) atoms. The fourth-order valence-corrected chi connectivity index (χ4v) is 6.23. The summed E-state index contributed by atoms with van der Waals surface area (Å²) in [4.78, 5) is 0. The van der Waals surface area contributed by atoms with Gasteiger partial charge >= 0.3 is 0 Å². The van der Waals surface area contributed by atoms with E-state index in [9.17, 15) is 0 Å². The van der Waals surface area contributed by atoms with Crippen LogP contribution in [-0.4, -0.2) is 13.1 Å². The SMILES string of the molecule is CNC(C)CC(C)(C)C1C2CC3CC(C2)CC1C3. The minimum absolute atomic E-state index is 0.533. The average molecular weight is 249 g/mol. The van der Waals surface area contributed by atoms with Gasteiger partial charge in [-0.3, -0.25) is 0 Å². The van der Waals surface area contributed by atoms with E-state index in [-0.39, 0.29) is 0 Å². The number of hydrogen-bond acceptors (Lipinski definition) is 1. The van der Waals surface area contributed by atoms with E-state index in [1.54, 1.807) is 32.1 Å². The molecule has 4 aliphatic carbocycles. The van der Waals surface area contributed by atoms with Crippen LogP contribution in [0.5, 0.6) is 0 Å². The molecular weight excluding hydrogens is 218 g/mol. The monoisotopic (exact) mass is 249 g/mol. The van der Waals surface area contributed by atoms with Crippen molar-refractivity contribution in [1.82, 2.24) is 5.32 Å². The first-order chi connectivity index (χ1) is 8.49. The summed E-state index contributed by atoms with van der Waals surface area (Å²) >= 11 is 0. The van der Waals surface area contributed by atoms with Crippen LogP contribution >= 0.6 is 0 Å². The van der Waals surface area contributed by atoms with Crippen molar-refractivity contribution >= 4 is 0 Å². The lowest BCUT2D eigenvalue weighted by Gasteiger charge is -2.59. The molecule has 0 aromatic heterocycles. The van der Waals surface area contributed by atoms with Crippen LogP contribution in [0.3, 0.4) is 0 Å². The van der Waals surface area contributed by atoms with Crippen LogP contribution in [0.15, 0.2) is 0 Å². The predicted molar refractivity (Wildman–Crippen MR) is 77.5 cm³/mol. The lowest BCUT2D eigenvalue weighted by molar-refractivity contribution is -0.0903. The molecule has 104 valence electrons. The Labute approximate surface area is 113 Å². The molecule has 0 radical (unpaired) electrons. The van der Waals surface area contributed by atoms with Crippen molar-refractivity contribution in [3.8, 4) is 0 Å². The molecule has 4 fully saturated rings.